The molecule has 5 nitrogen and oxygen atoms in total. The predicted octanol–water partition coefficient (Wildman–Crippen LogP) is 3.82. The van der Waals surface area contributed by atoms with Crippen molar-refractivity contribution < 1.29 is 13.2 Å². The van der Waals surface area contributed by atoms with Gasteiger partial charge in [-0.1, -0.05) is 42.8 Å². The molecular formula is C20H25ClN2O3S. The van der Waals surface area contributed by atoms with Gasteiger partial charge in [-0.25, -0.2) is 8.42 Å². The molecule has 0 saturated carbocycles. The number of halogens is 1. The van der Waals surface area contributed by atoms with Crippen LogP contribution in [0.5, 0.6) is 0 Å². The van der Waals surface area contributed by atoms with Crippen LogP contribution in [0.2, 0.25) is 5.02 Å². The summed E-state index contributed by atoms with van der Waals surface area (Å²) >= 11 is 5.87. The summed E-state index contributed by atoms with van der Waals surface area (Å²) in [5.41, 5.74) is 3.15. The number of hydrogen-bond acceptors (Lipinski definition) is 3. The number of carbonyl (C=O) groups is 1. The highest BCUT2D eigenvalue weighted by Gasteiger charge is 2.32. The summed E-state index contributed by atoms with van der Waals surface area (Å²) in [6.07, 6.45) is 1.48. The minimum Gasteiger partial charge on any atom is -0.350 e. The van der Waals surface area contributed by atoms with Crippen LogP contribution >= 0.6 is 11.6 Å². The topological polar surface area (TPSA) is 66.5 Å². The first kappa shape index (κ1) is 21.3. The van der Waals surface area contributed by atoms with E-state index in [1.54, 1.807) is 25.1 Å². The zero-order valence-corrected chi connectivity index (χ0v) is 17.6. The molecule has 0 spiro atoms. The smallest absolute Gasteiger partial charge is 0.244 e. The predicted molar refractivity (Wildman–Crippen MR) is 111 cm³/mol. The summed E-state index contributed by atoms with van der Waals surface area (Å²) < 4.78 is 26.3. The van der Waals surface area contributed by atoms with Crippen molar-refractivity contribution in [3.8, 4) is 0 Å². The Morgan fingerprint density at radius 2 is 1.78 bits per heavy atom. The summed E-state index contributed by atoms with van der Waals surface area (Å²) in [6.45, 7) is 5.84. The first-order valence-electron chi connectivity index (χ1n) is 8.72. The number of sulfonamides is 1. The van der Waals surface area contributed by atoms with Crippen LogP contribution in [0.1, 0.15) is 30.0 Å². The lowest BCUT2D eigenvalue weighted by Gasteiger charge is -2.31. The molecule has 0 aliphatic carbocycles. The highest BCUT2D eigenvalue weighted by molar-refractivity contribution is 7.92. The van der Waals surface area contributed by atoms with Gasteiger partial charge in [0.15, 0.2) is 0 Å². The average molecular weight is 409 g/mol. The third-order valence-electron chi connectivity index (χ3n) is 4.31. The Balaban J connectivity index is 2.30. The molecule has 0 heterocycles. The molecule has 0 bridgehead atoms. The molecule has 0 fully saturated rings. The first-order chi connectivity index (χ1) is 12.6. The van der Waals surface area contributed by atoms with E-state index in [0.29, 0.717) is 23.7 Å². The number of nitrogens with one attached hydrogen (secondary N) is 1. The number of amides is 1. The second-order valence-corrected chi connectivity index (χ2v) is 8.91. The molecule has 27 heavy (non-hydrogen) atoms. The van der Waals surface area contributed by atoms with E-state index in [9.17, 15) is 13.2 Å². The molecule has 0 radical (unpaired) electrons. The van der Waals surface area contributed by atoms with Crippen molar-refractivity contribution in [3.05, 3.63) is 64.2 Å². The molecule has 0 aliphatic heterocycles. The quantitative estimate of drug-likeness (QED) is 0.757. The van der Waals surface area contributed by atoms with Gasteiger partial charge in [0.25, 0.3) is 0 Å². The van der Waals surface area contributed by atoms with Crippen molar-refractivity contribution in [2.45, 2.75) is 39.8 Å². The summed E-state index contributed by atoms with van der Waals surface area (Å²) in [7, 11) is -3.65. The maximum atomic E-state index is 12.8. The van der Waals surface area contributed by atoms with Crippen LogP contribution in [0, 0.1) is 13.8 Å². The van der Waals surface area contributed by atoms with Gasteiger partial charge in [0.1, 0.15) is 6.04 Å². The third kappa shape index (κ3) is 5.47. The number of anilines is 1. The van der Waals surface area contributed by atoms with Gasteiger partial charge < -0.3 is 5.32 Å². The zero-order valence-electron chi connectivity index (χ0n) is 16.0. The van der Waals surface area contributed by atoms with Gasteiger partial charge in [-0.2, -0.15) is 0 Å². The number of benzene rings is 2. The Morgan fingerprint density at radius 3 is 2.33 bits per heavy atom. The van der Waals surface area contributed by atoms with Crippen molar-refractivity contribution in [1.82, 2.24) is 5.32 Å². The van der Waals surface area contributed by atoms with E-state index in [1.165, 1.54) is 4.31 Å². The molecule has 0 aliphatic rings. The molecule has 1 amide bonds. The fourth-order valence-corrected chi connectivity index (χ4v) is 4.29. The van der Waals surface area contributed by atoms with Crippen LogP contribution in [0.3, 0.4) is 0 Å². The van der Waals surface area contributed by atoms with Crippen LogP contribution in [-0.4, -0.2) is 26.6 Å². The molecule has 2 aromatic carbocycles. The van der Waals surface area contributed by atoms with Crippen LogP contribution in [0.4, 0.5) is 5.69 Å². The van der Waals surface area contributed by atoms with Gasteiger partial charge in [-0.05, 0) is 55.2 Å². The van der Waals surface area contributed by atoms with Crippen molar-refractivity contribution >= 4 is 33.2 Å². The van der Waals surface area contributed by atoms with Crippen molar-refractivity contribution in [2.75, 3.05) is 10.6 Å². The molecule has 146 valence electrons. The van der Waals surface area contributed by atoms with E-state index in [0.717, 1.165) is 22.9 Å². The largest absolute Gasteiger partial charge is 0.350 e. The first-order valence-corrected chi connectivity index (χ1v) is 10.9. The molecule has 1 atom stereocenters. The normalized spacial score (nSPS) is 12.5. The fraction of sp³-hybridized carbons (Fsp3) is 0.350. The van der Waals surface area contributed by atoms with Gasteiger partial charge in [-0.3, -0.25) is 9.10 Å². The minimum absolute atomic E-state index is 0.302. The van der Waals surface area contributed by atoms with Gasteiger partial charge >= 0.3 is 0 Å². The maximum Gasteiger partial charge on any atom is 0.244 e. The second-order valence-electron chi connectivity index (χ2n) is 6.62. The van der Waals surface area contributed by atoms with E-state index in [2.05, 4.69) is 5.32 Å². The Labute approximate surface area is 166 Å². The van der Waals surface area contributed by atoms with Crippen molar-refractivity contribution in [1.29, 1.82) is 0 Å². The molecule has 0 saturated heterocycles. The molecule has 0 unspecified atom stereocenters. The van der Waals surface area contributed by atoms with Crippen molar-refractivity contribution in [2.24, 2.45) is 0 Å². The maximum absolute atomic E-state index is 12.8. The Kier molecular flexibility index (Phi) is 6.89. The van der Waals surface area contributed by atoms with Gasteiger partial charge in [0.2, 0.25) is 15.9 Å². The SMILES string of the molecule is CC[C@@H](C(=O)NCc1ccc(Cl)cc1)N(c1cc(C)ccc1C)S(C)(=O)=O. The number of aryl methyl sites for hydroxylation is 2. The molecule has 2 rings (SSSR count). The summed E-state index contributed by atoms with van der Waals surface area (Å²) in [5, 5.41) is 3.46. The lowest BCUT2D eigenvalue weighted by molar-refractivity contribution is -0.122. The number of hydrogen-bond donors (Lipinski definition) is 1. The number of carbonyl (C=O) groups excluding carboxylic acids is 1. The number of rotatable bonds is 7. The van der Waals surface area contributed by atoms with Crippen LogP contribution in [0.15, 0.2) is 42.5 Å². The highest BCUT2D eigenvalue weighted by Crippen LogP contribution is 2.27. The Hall–Kier alpha value is -2.05. The van der Waals surface area contributed by atoms with Crippen LogP contribution in [-0.2, 0) is 21.4 Å². The van der Waals surface area contributed by atoms with E-state index < -0.39 is 16.1 Å². The summed E-state index contributed by atoms with van der Waals surface area (Å²) in [4.78, 5) is 12.8. The summed E-state index contributed by atoms with van der Waals surface area (Å²) in [5.74, 6) is -0.334. The standard InChI is InChI=1S/C20H25ClN2O3S/c1-5-18(20(24)22-13-16-8-10-17(21)11-9-16)23(27(4,25)26)19-12-14(2)6-7-15(19)3/h6-12,18H,5,13H2,1-4H3,(H,22,24)/t18-/m0/s1. The zero-order chi connectivity index (χ0) is 20.2. The molecular weight excluding hydrogens is 384 g/mol. The van der Waals surface area contributed by atoms with Crippen LogP contribution in [0.25, 0.3) is 0 Å². The fourth-order valence-electron chi connectivity index (χ4n) is 2.90. The van der Waals surface area contributed by atoms with Crippen molar-refractivity contribution in [3.63, 3.8) is 0 Å². The average Bonchev–Trinajstić information content (AvgIpc) is 2.60. The Bertz CT molecular complexity index is 911. The highest BCUT2D eigenvalue weighted by atomic mass is 35.5. The minimum atomic E-state index is -3.65. The molecule has 1 N–H and O–H groups in total. The second kappa shape index (κ2) is 8.76. The Morgan fingerprint density at radius 1 is 1.15 bits per heavy atom. The number of nitrogens with zero attached hydrogens (tertiary/aromatic N) is 1. The van der Waals surface area contributed by atoms with E-state index in [1.807, 2.05) is 38.1 Å². The van der Waals surface area contributed by atoms with Crippen LogP contribution < -0.4 is 9.62 Å². The molecule has 0 aromatic heterocycles. The monoisotopic (exact) mass is 408 g/mol. The lowest BCUT2D eigenvalue weighted by Crippen LogP contribution is -2.49. The van der Waals surface area contributed by atoms with Gasteiger partial charge in [0.05, 0.1) is 11.9 Å². The van der Waals surface area contributed by atoms with E-state index >= 15 is 0 Å². The summed E-state index contributed by atoms with van der Waals surface area (Å²) in [6, 6.07) is 11.9. The lowest BCUT2D eigenvalue weighted by atomic mass is 10.1. The molecule has 2 aromatic rings. The van der Waals surface area contributed by atoms with E-state index in [-0.39, 0.29) is 5.91 Å². The third-order valence-corrected chi connectivity index (χ3v) is 5.73. The molecule has 7 heteroatoms. The van der Waals surface area contributed by atoms with E-state index in [4.69, 9.17) is 11.6 Å². The van der Waals surface area contributed by atoms with Gasteiger partial charge in [0, 0.05) is 11.6 Å². The van der Waals surface area contributed by atoms with Gasteiger partial charge in [-0.15, -0.1) is 0 Å².